The summed E-state index contributed by atoms with van der Waals surface area (Å²) in [6, 6.07) is 8.21. The number of hydrogen-bond donors (Lipinski definition) is 1. The molecule has 0 saturated heterocycles. The van der Waals surface area contributed by atoms with Crippen LogP contribution >= 0.6 is 0 Å². The third-order valence-corrected chi connectivity index (χ3v) is 3.57. The molecule has 0 atom stereocenters. The van der Waals surface area contributed by atoms with Crippen LogP contribution in [0, 0.1) is 5.82 Å². The monoisotopic (exact) mass is 273 g/mol. The van der Waals surface area contributed by atoms with Crippen molar-refractivity contribution < 1.29 is 4.39 Å². The summed E-state index contributed by atoms with van der Waals surface area (Å²) in [5.41, 5.74) is 1.30. The van der Waals surface area contributed by atoms with Crippen LogP contribution < -0.4 is 10.9 Å². The van der Waals surface area contributed by atoms with Crippen molar-refractivity contribution in [2.45, 2.75) is 31.8 Å². The molecule has 1 heterocycles. The van der Waals surface area contributed by atoms with E-state index in [2.05, 4.69) is 10.4 Å². The Morgan fingerprint density at radius 1 is 1.35 bits per heavy atom. The molecule has 1 N–H and O–H groups in total. The zero-order chi connectivity index (χ0) is 13.9. The Hall–Kier alpha value is -2.17. The molecule has 104 valence electrons. The van der Waals surface area contributed by atoms with Gasteiger partial charge in [0.1, 0.15) is 5.82 Å². The molecule has 0 amide bonds. The van der Waals surface area contributed by atoms with Crippen LogP contribution in [0.2, 0.25) is 0 Å². The van der Waals surface area contributed by atoms with Crippen molar-refractivity contribution in [3.8, 4) is 0 Å². The number of anilines is 1. The Labute approximate surface area is 116 Å². The number of aromatic nitrogens is 2. The molecule has 4 nitrogen and oxygen atoms in total. The Balaban J connectivity index is 1.75. The fourth-order valence-electron chi connectivity index (χ4n) is 2.23. The first-order chi connectivity index (χ1) is 9.70. The molecule has 1 aromatic carbocycles. The number of nitrogens with one attached hydrogen (secondary N) is 1. The van der Waals surface area contributed by atoms with Crippen molar-refractivity contribution >= 4 is 5.69 Å². The molecule has 0 bridgehead atoms. The number of halogens is 1. The normalized spacial score (nSPS) is 14.8. The van der Waals surface area contributed by atoms with Crippen LogP contribution in [0.15, 0.2) is 41.3 Å². The zero-order valence-electron chi connectivity index (χ0n) is 11.1. The molecule has 1 aliphatic carbocycles. The van der Waals surface area contributed by atoms with Crippen molar-refractivity contribution in [1.82, 2.24) is 9.78 Å². The Morgan fingerprint density at radius 3 is 2.85 bits per heavy atom. The first kappa shape index (κ1) is 12.8. The highest BCUT2D eigenvalue weighted by atomic mass is 19.1. The van der Waals surface area contributed by atoms with Crippen molar-refractivity contribution in [1.29, 1.82) is 0 Å². The lowest BCUT2D eigenvalue weighted by Gasteiger charge is -2.27. The first-order valence-electron chi connectivity index (χ1n) is 6.79. The van der Waals surface area contributed by atoms with E-state index < -0.39 is 0 Å². The maximum atomic E-state index is 13.1. The molecule has 0 spiro atoms. The lowest BCUT2D eigenvalue weighted by Crippen LogP contribution is -2.29. The van der Waals surface area contributed by atoms with E-state index in [0.29, 0.717) is 6.04 Å². The van der Waals surface area contributed by atoms with Gasteiger partial charge in [-0.25, -0.2) is 9.07 Å². The van der Waals surface area contributed by atoms with Gasteiger partial charge in [0.15, 0.2) is 0 Å². The van der Waals surface area contributed by atoms with Crippen molar-refractivity contribution in [3.63, 3.8) is 0 Å². The summed E-state index contributed by atoms with van der Waals surface area (Å²) >= 11 is 0. The molecule has 1 saturated carbocycles. The summed E-state index contributed by atoms with van der Waals surface area (Å²) in [4.78, 5) is 12.0. The molecular weight excluding hydrogens is 257 g/mol. The van der Waals surface area contributed by atoms with Crippen LogP contribution in [-0.4, -0.2) is 15.8 Å². The van der Waals surface area contributed by atoms with Crippen LogP contribution in [0.5, 0.6) is 0 Å². The largest absolute Gasteiger partial charge is 0.381 e. The number of nitrogens with zero attached hydrogens (tertiary/aromatic N) is 2. The number of hydrogen-bond acceptors (Lipinski definition) is 3. The highest BCUT2D eigenvalue weighted by Crippen LogP contribution is 2.22. The lowest BCUT2D eigenvalue weighted by atomic mass is 9.93. The van der Waals surface area contributed by atoms with Gasteiger partial charge < -0.3 is 5.32 Å². The average Bonchev–Trinajstić information content (AvgIpc) is 2.37. The summed E-state index contributed by atoms with van der Waals surface area (Å²) in [5.74, 6) is -0.307. The van der Waals surface area contributed by atoms with Gasteiger partial charge in [-0.15, -0.1) is 0 Å². The molecule has 5 heteroatoms. The first-order valence-corrected chi connectivity index (χ1v) is 6.79. The van der Waals surface area contributed by atoms with Gasteiger partial charge in [-0.3, -0.25) is 4.79 Å². The van der Waals surface area contributed by atoms with Gasteiger partial charge in [0, 0.05) is 12.1 Å². The molecule has 2 aromatic rings. The van der Waals surface area contributed by atoms with E-state index in [1.807, 2.05) is 0 Å². The number of rotatable bonds is 4. The smallest absolute Gasteiger partial charge is 0.269 e. The topological polar surface area (TPSA) is 46.9 Å². The molecule has 0 unspecified atom stereocenters. The van der Waals surface area contributed by atoms with Gasteiger partial charge in [0.2, 0.25) is 0 Å². The molecule has 3 rings (SSSR count). The second-order valence-electron chi connectivity index (χ2n) is 5.14. The van der Waals surface area contributed by atoms with Gasteiger partial charge in [0.25, 0.3) is 5.56 Å². The van der Waals surface area contributed by atoms with Crippen LogP contribution in [0.25, 0.3) is 0 Å². The fourth-order valence-corrected chi connectivity index (χ4v) is 2.23. The van der Waals surface area contributed by atoms with Crippen LogP contribution in [-0.2, 0) is 6.54 Å². The fraction of sp³-hybridized carbons (Fsp3) is 0.333. The molecule has 1 fully saturated rings. The van der Waals surface area contributed by atoms with Gasteiger partial charge >= 0.3 is 0 Å². The molecule has 0 radical (unpaired) electrons. The minimum atomic E-state index is -0.307. The van der Waals surface area contributed by atoms with Crippen LogP contribution in [0.4, 0.5) is 10.1 Å². The average molecular weight is 273 g/mol. The van der Waals surface area contributed by atoms with Crippen molar-refractivity contribution in [2.24, 2.45) is 0 Å². The van der Waals surface area contributed by atoms with E-state index in [1.165, 1.54) is 23.2 Å². The van der Waals surface area contributed by atoms with E-state index in [-0.39, 0.29) is 17.9 Å². The van der Waals surface area contributed by atoms with Crippen LogP contribution in [0.1, 0.15) is 24.8 Å². The molecule has 1 aromatic heterocycles. The zero-order valence-corrected chi connectivity index (χ0v) is 11.1. The van der Waals surface area contributed by atoms with E-state index in [9.17, 15) is 9.18 Å². The predicted molar refractivity (Wildman–Crippen MR) is 75.3 cm³/mol. The predicted octanol–water partition coefficient (Wildman–Crippen LogP) is 2.40. The van der Waals surface area contributed by atoms with Crippen LogP contribution in [0.3, 0.4) is 0 Å². The minimum absolute atomic E-state index is 0.182. The lowest BCUT2D eigenvalue weighted by molar-refractivity contribution is 0.445. The van der Waals surface area contributed by atoms with Gasteiger partial charge in [-0.2, -0.15) is 5.10 Å². The molecule has 20 heavy (non-hydrogen) atoms. The number of benzene rings is 1. The summed E-state index contributed by atoms with van der Waals surface area (Å²) in [5, 5.41) is 7.42. The third-order valence-electron chi connectivity index (χ3n) is 3.57. The Morgan fingerprint density at radius 2 is 2.20 bits per heavy atom. The molecular formula is C15H16FN3O. The summed E-state index contributed by atoms with van der Waals surface area (Å²) in [6.45, 7) is 0.278. The molecule has 1 aliphatic rings. The minimum Gasteiger partial charge on any atom is -0.381 e. The second kappa shape index (κ2) is 5.45. The second-order valence-corrected chi connectivity index (χ2v) is 5.14. The SMILES string of the molecule is O=c1cc(NC2CCC2)cnn1Cc1cccc(F)c1. The highest BCUT2D eigenvalue weighted by Gasteiger charge is 2.17. The van der Waals surface area contributed by atoms with E-state index in [1.54, 1.807) is 24.4 Å². The van der Waals surface area contributed by atoms with Gasteiger partial charge in [-0.1, -0.05) is 12.1 Å². The van der Waals surface area contributed by atoms with E-state index >= 15 is 0 Å². The Kier molecular flexibility index (Phi) is 3.50. The van der Waals surface area contributed by atoms with E-state index in [4.69, 9.17) is 0 Å². The van der Waals surface area contributed by atoms with E-state index in [0.717, 1.165) is 24.1 Å². The Bertz CT molecular complexity index is 664. The van der Waals surface area contributed by atoms with Crippen molar-refractivity contribution in [2.75, 3.05) is 5.32 Å². The summed E-state index contributed by atoms with van der Waals surface area (Å²) < 4.78 is 14.4. The standard InChI is InChI=1S/C15H16FN3O/c16-12-4-1-3-11(7-12)10-19-15(20)8-14(9-17-19)18-13-5-2-6-13/h1,3-4,7-9,13,18H,2,5-6,10H2. The maximum absolute atomic E-state index is 13.1. The summed E-state index contributed by atoms with van der Waals surface area (Å²) in [7, 11) is 0. The third kappa shape index (κ3) is 2.87. The van der Waals surface area contributed by atoms with Gasteiger partial charge in [0.05, 0.1) is 18.4 Å². The highest BCUT2D eigenvalue weighted by molar-refractivity contribution is 5.40. The quantitative estimate of drug-likeness (QED) is 0.930. The maximum Gasteiger partial charge on any atom is 0.269 e. The molecule has 0 aliphatic heterocycles. The van der Waals surface area contributed by atoms with Crippen molar-refractivity contribution in [3.05, 3.63) is 58.3 Å². The van der Waals surface area contributed by atoms with Gasteiger partial charge in [-0.05, 0) is 37.0 Å². The summed E-state index contributed by atoms with van der Waals surface area (Å²) in [6.07, 6.45) is 5.18.